The number of aromatic nitrogens is 2. The molecule has 0 radical (unpaired) electrons. The van der Waals surface area contributed by atoms with E-state index >= 15 is 0 Å². The molecular formula is C11H10BrClN4. The third kappa shape index (κ3) is 3.08. The van der Waals surface area contributed by atoms with Crippen LogP contribution in [0, 0.1) is 6.92 Å². The molecule has 1 aromatic heterocycles. The Kier molecular flexibility index (Phi) is 3.49. The van der Waals surface area contributed by atoms with E-state index in [4.69, 9.17) is 17.3 Å². The van der Waals surface area contributed by atoms with Crippen LogP contribution >= 0.6 is 27.5 Å². The summed E-state index contributed by atoms with van der Waals surface area (Å²) >= 11 is 9.33. The summed E-state index contributed by atoms with van der Waals surface area (Å²) in [7, 11) is 0. The van der Waals surface area contributed by atoms with Gasteiger partial charge in [0.1, 0.15) is 17.5 Å². The second-order valence-electron chi connectivity index (χ2n) is 3.48. The highest BCUT2D eigenvalue weighted by Crippen LogP contribution is 2.27. The van der Waals surface area contributed by atoms with Gasteiger partial charge in [0.05, 0.1) is 5.02 Å². The van der Waals surface area contributed by atoms with E-state index in [0.29, 0.717) is 22.5 Å². The lowest BCUT2D eigenvalue weighted by Crippen LogP contribution is -2.00. The molecule has 2 aromatic rings. The lowest BCUT2D eigenvalue weighted by Gasteiger charge is -2.07. The van der Waals surface area contributed by atoms with Crippen molar-refractivity contribution < 1.29 is 0 Å². The predicted octanol–water partition coefficient (Wildman–Crippen LogP) is 3.53. The Hall–Kier alpha value is -1.33. The Morgan fingerprint density at radius 2 is 2.06 bits per heavy atom. The maximum absolute atomic E-state index is 6.00. The molecule has 0 spiro atoms. The highest BCUT2D eigenvalue weighted by Gasteiger charge is 2.02. The summed E-state index contributed by atoms with van der Waals surface area (Å²) in [5.74, 6) is 1.70. The number of benzene rings is 1. The van der Waals surface area contributed by atoms with E-state index in [1.807, 2.05) is 12.1 Å². The lowest BCUT2D eigenvalue weighted by atomic mass is 10.3. The minimum absolute atomic E-state index is 0.434. The van der Waals surface area contributed by atoms with Gasteiger partial charge in [-0.1, -0.05) is 11.6 Å². The van der Waals surface area contributed by atoms with Crippen molar-refractivity contribution in [2.24, 2.45) is 0 Å². The van der Waals surface area contributed by atoms with Gasteiger partial charge in [0.15, 0.2) is 0 Å². The molecule has 0 bridgehead atoms. The molecule has 2 rings (SSSR count). The number of hydrogen-bond donors (Lipinski definition) is 2. The summed E-state index contributed by atoms with van der Waals surface area (Å²) in [6, 6.07) is 7.23. The quantitative estimate of drug-likeness (QED) is 0.890. The van der Waals surface area contributed by atoms with E-state index in [9.17, 15) is 0 Å². The first-order valence-corrected chi connectivity index (χ1v) is 6.05. The fraction of sp³-hybridized carbons (Fsp3) is 0.0909. The fourth-order valence-electron chi connectivity index (χ4n) is 1.38. The summed E-state index contributed by atoms with van der Waals surface area (Å²) in [6.07, 6.45) is 0. The van der Waals surface area contributed by atoms with Gasteiger partial charge in [-0.15, -0.1) is 0 Å². The number of nitrogens with two attached hydrogens (primary N) is 1. The molecule has 0 aliphatic heterocycles. The largest absolute Gasteiger partial charge is 0.384 e. The molecule has 4 nitrogen and oxygen atoms in total. The number of aryl methyl sites for hydroxylation is 1. The van der Waals surface area contributed by atoms with Crippen molar-refractivity contribution in [1.29, 1.82) is 0 Å². The topological polar surface area (TPSA) is 63.8 Å². The van der Waals surface area contributed by atoms with Crippen molar-refractivity contribution in [2.75, 3.05) is 11.1 Å². The number of halogens is 2. The van der Waals surface area contributed by atoms with Crippen molar-refractivity contribution in [3.8, 4) is 0 Å². The monoisotopic (exact) mass is 312 g/mol. The van der Waals surface area contributed by atoms with Crippen LogP contribution < -0.4 is 11.1 Å². The van der Waals surface area contributed by atoms with E-state index in [2.05, 4.69) is 31.2 Å². The summed E-state index contributed by atoms with van der Waals surface area (Å²) < 4.78 is 0.850. The molecule has 6 heteroatoms. The molecule has 0 atom stereocenters. The van der Waals surface area contributed by atoms with Gasteiger partial charge >= 0.3 is 0 Å². The average molecular weight is 314 g/mol. The molecule has 0 amide bonds. The van der Waals surface area contributed by atoms with Crippen LogP contribution in [-0.2, 0) is 0 Å². The van der Waals surface area contributed by atoms with Crippen molar-refractivity contribution in [3.63, 3.8) is 0 Å². The van der Waals surface area contributed by atoms with Crippen molar-refractivity contribution in [1.82, 2.24) is 9.97 Å². The smallest absolute Gasteiger partial charge is 0.136 e. The molecule has 17 heavy (non-hydrogen) atoms. The van der Waals surface area contributed by atoms with Crippen LogP contribution in [0.1, 0.15) is 5.82 Å². The maximum Gasteiger partial charge on any atom is 0.136 e. The Bertz CT molecular complexity index is 539. The fourth-order valence-corrected chi connectivity index (χ4v) is 1.80. The Morgan fingerprint density at radius 1 is 1.29 bits per heavy atom. The summed E-state index contributed by atoms with van der Waals surface area (Å²) in [6.45, 7) is 1.79. The lowest BCUT2D eigenvalue weighted by molar-refractivity contribution is 1.06. The standard InChI is InChI=1S/C11H10BrClN4/c1-6-15-10(14)5-11(16-6)17-7-2-3-8(12)9(13)4-7/h2-5H,1H3,(H3,14,15,16,17). The molecule has 0 saturated carbocycles. The third-order valence-electron chi connectivity index (χ3n) is 2.05. The molecule has 0 saturated heterocycles. The van der Waals surface area contributed by atoms with E-state index in [1.54, 1.807) is 19.1 Å². The first kappa shape index (κ1) is 12.1. The highest BCUT2D eigenvalue weighted by molar-refractivity contribution is 9.10. The number of nitrogen functional groups attached to an aromatic ring is 1. The first-order chi connectivity index (χ1) is 8.04. The maximum atomic E-state index is 6.00. The van der Waals surface area contributed by atoms with Crippen LogP contribution in [0.2, 0.25) is 5.02 Å². The average Bonchev–Trinajstić information content (AvgIpc) is 2.22. The number of anilines is 3. The van der Waals surface area contributed by atoms with Crippen molar-refractivity contribution in [3.05, 3.63) is 39.6 Å². The van der Waals surface area contributed by atoms with Crippen LogP contribution in [0.4, 0.5) is 17.3 Å². The van der Waals surface area contributed by atoms with Crippen LogP contribution in [0.15, 0.2) is 28.7 Å². The zero-order chi connectivity index (χ0) is 12.4. The van der Waals surface area contributed by atoms with E-state index in [1.165, 1.54) is 0 Å². The van der Waals surface area contributed by atoms with Gasteiger partial charge in [-0.2, -0.15) is 0 Å². The molecule has 1 heterocycles. The minimum Gasteiger partial charge on any atom is -0.384 e. The van der Waals surface area contributed by atoms with Gasteiger partial charge in [-0.05, 0) is 41.1 Å². The number of hydrogen-bond acceptors (Lipinski definition) is 4. The second-order valence-corrected chi connectivity index (χ2v) is 4.74. The van der Waals surface area contributed by atoms with Gasteiger partial charge in [-0.25, -0.2) is 9.97 Å². The molecular weight excluding hydrogens is 304 g/mol. The zero-order valence-electron chi connectivity index (χ0n) is 9.04. The van der Waals surface area contributed by atoms with E-state index in [0.717, 1.165) is 10.2 Å². The zero-order valence-corrected chi connectivity index (χ0v) is 11.4. The molecule has 1 aromatic carbocycles. The number of nitrogens with one attached hydrogen (secondary N) is 1. The molecule has 0 aliphatic rings. The van der Waals surface area contributed by atoms with Gasteiger partial charge < -0.3 is 11.1 Å². The second kappa shape index (κ2) is 4.89. The van der Waals surface area contributed by atoms with Crippen LogP contribution in [-0.4, -0.2) is 9.97 Å². The normalized spacial score (nSPS) is 10.3. The van der Waals surface area contributed by atoms with Gasteiger partial charge in [0.25, 0.3) is 0 Å². The summed E-state index contributed by atoms with van der Waals surface area (Å²) in [5, 5.41) is 3.75. The summed E-state index contributed by atoms with van der Waals surface area (Å²) in [5.41, 5.74) is 6.49. The molecule has 0 fully saturated rings. The molecule has 3 N–H and O–H groups in total. The predicted molar refractivity (Wildman–Crippen MR) is 73.6 cm³/mol. The Labute approximate surface area is 112 Å². The van der Waals surface area contributed by atoms with Crippen molar-refractivity contribution >= 4 is 44.9 Å². The number of nitrogens with zero attached hydrogens (tertiary/aromatic N) is 2. The Balaban J connectivity index is 2.28. The van der Waals surface area contributed by atoms with Crippen LogP contribution in [0.25, 0.3) is 0 Å². The summed E-state index contributed by atoms with van der Waals surface area (Å²) in [4.78, 5) is 8.23. The van der Waals surface area contributed by atoms with E-state index in [-0.39, 0.29) is 0 Å². The van der Waals surface area contributed by atoms with Gasteiger partial charge in [0, 0.05) is 16.2 Å². The molecule has 0 aliphatic carbocycles. The Morgan fingerprint density at radius 3 is 2.71 bits per heavy atom. The SMILES string of the molecule is Cc1nc(N)cc(Nc2ccc(Br)c(Cl)c2)n1. The van der Waals surface area contributed by atoms with Crippen LogP contribution in [0.5, 0.6) is 0 Å². The minimum atomic E-state index is 0.434. The highest BCUT2D eigenvalue weighted by atomic mass is 79.9. The first-order valence-electron chi connectivity index (χ1n) is 4.88. The van der Waals surface area contributed by atoms with Crippen molar-refractivity contribution in [2.45, 2.75) is 6.92 Å². The van der Waals surface area contributed by atoms with Gasteiger partial charge in [0.2, 0.25) is 0 Å². The van der Waals surface area contributed by atoms with E-state index < -0.39 is 0 Å². The molecule has 0 unspecified atom stereocenters. The third-order valence-corrected chi connectivity index (χ3v) is 3.28. The molecule has 88 valence electrons. The van der Waals surface area contributed by atoms with Gasteiger partial charge in [-0.3, -0.25) is 0 Å². The van der Waals surface area contributed by atoms with Crippen LogP contribution in [0.3, 0.4) is 0 Å². The number of rotatable bonds is 2.